The molecule has 1 rings (SSSR count). The third-order valence-corrected chi connectivity index (χ3v) is 3.63. The van der Waals surface area contributed by atoms with Gasteiger partial charge in [-0.3, -0.25) is 9.59 Å². The first-order valence-electron chi connectivity index (χ1n) is 8.53. The molecule has 5 heteroatoms. The molecule has 0 bridgehead atoms. The summed E-state index contributed by atoms with van der Waals surface area (Å²) in [6.07, 6.45) is 1.62. The monoisotopic (exact) mass is 333 g/mol. The van der Waals surface area contributed by atoms with E-state index in [1.807, 2.05) is 44.2 Å². The minimum absolute atomic E-state index is 0.226. The Hall–Kier alpha value is -1.88. The fourth-order valence-electron chi connectivity index (χ4n) is 2.23. The second-order valence-corrected chi connectivity index (χ2v) is 6.47. The second-order valence-electron chi connectivity index (χ2n) is 6.47. The van der Waals surface area contributed by atoms with Gasteiger partial charge in [-0.25, -0.2) is 0 Å². The van der Waals surface area contributed by atoms with Gasteiger partial charge in [0.15, 0.2) is 0 Å². The van der Waals surface area contributed by atoms with Crippen molar-refractivity contribution in [2.75, 3.05) is 0 Å². The quantitative estimate of drug-likeness (QED) is 0.614. The maximum absolute atomic E-state index is 12.1. The molecule has 3 N–H and O–H groups in total. The van der Waals surface area contributed by atoms with Crippen LogP contribution in [0.2, 0.25) is 0 Å². The highest BCUT2D eigenvalue weighted by molar-refractivity contribution is 5.88. The van der Waals surface area contributed by atoms with Crippen molar-refractivity contribution in [2.45, 2.75) is 58.6 Å². The Kier molecular flexibility index (Phi) is 9.08. The number of carbonyl (C=O) groups excluding carboxylic acids is 2. The van der Waals surface area contributed by atoms with Crippen molar-refractivity contribution < 1.29 is 14.7 Å². The van der Waals surface area contributed by atoms with Crippen LogP contribution in [-0.2, 0) is 16.0 Å². The van der Waals surface area contributed by atoms with Gasteiger partial charge in [-0.05, 0) is 37.7 Å². The molecule has 0 unspecified atom stereocenters. The number of aliphatic hydroxyl groups is 1. The molecule has 0 spiro atoms. The zero-order chi connectivity index (χ0) is 17.9. The lowest BCUT2D eigenvalue weighted by molar-refractivity contribution is -0.131. The molecule has 24 heavy (non-hydrogen) atoms. The van der Waals surface area contributed by atoms with Crippen LogP contribution >= 0.6 is 0 Å². The fourth-order valence-corrected chi connectivity index (χ4v) is 2.23. The molecular weight excluding hydrogens is 304 g/mol. The lowest BCUT2D eigenvalue weighted by atomic mass is 10.1. The third kappa shape index (κ3) is 8.11. The Morgan fingerprint density at radius 2 is 1.83 bits per heavy atom. The molecule has 0 aliphatic carbocycles. The minimum atomic E-state index is -0.949. The summed E-state index contributed by atoms with van der Waals surface area (Å²) in [6.45, 7) is 7.26. The van der Waals surface area contributed by atoms with Crippen LogP contribution in [-0.4, -0.2) is 29.1 Å². The summed E-state index contributed by atoms with van der Waals surface area (Å²) in [7, 11) is 0. The molecule has 0 aliphatic rings. The summed E-state index contributed by atoms with van der Waals surface area (Å²) in [5.74, 6) is -0.180. The van der Waals surface area contributed by atoms with Crippen LogP contribution in [0.4, 0.5) is 0 Å². The van der Waals surface area contributed by atoms with E-state index in [-0.39, 0.29) is 11.8 Å². The van der Waals surface area contributed by atoms with Gasteiger partial charge in [0, 0.05) is 13.0 Å². The predicted molar refractivity (Wildman–Crippen MR) is 94.9 cm³/mol. The zero-order valence-electron chi connectivity index (χ0n) is 14.8. The SMILES string of the molecule is CC(C)C[CH]NC(=O)[C@@H](NC(=O)CCCc1ccccc1)[C@@H](C)O. The smallest absolute Gasteiger partial charge is 0.245 e. The number of carbonyl (C=O) groups is 2. The molecule has 0 heterocycles. The summed E-state index contributed by atoms with van der Waals surface area (Å²) in [4.78, 5) is 24.1. The number of hydrogen-bond donors (Lipinski definition) is 3. The van der Waals surface area contributed by atoms with Crippen LogP contribution in [0, 0.1) is 12.5 Å². The maximum atomic E-state index is 12.1. The summed E-state index contributed by atoms with van der Waals surface area (Å²) in [6, 6.07) is 9.01. The summed E-state index contributed by atoms with van der Waals surface area (Å²) in [5.41, 5.74) is 1.18. The number of aliphatic hydroxyl groups excluding tert-OH is 1. The van der Waals surface area contributed by atoms with Crippen molar-refractivity contribution in [3.05, 3.63) is 42.4 Å². The Labute approximate surface area is 144 Å². The van der Waals surface area contributed by atoms with Crippen LogP contribution in [0.15, 0.2) is 30.3 Å². The molecule has 1 radical (unpaired) electrons. The summed E-state index contributed by atoms with van der Waals surface area (Å²) < 4.78 is 0. The molecule has 0 saturated carbocycles. The molecule has 0 fully saturated rings. The molecule has 133 valence electrons. The van der Waals surface area contributed by atoms with Gasteiger partial charge in [-0.1, -0.05) is 44.2 Å². The van der Waals surface area contributed by atoms with Crippen LogP contribution in [0.25, 0.3) is 0 Å². The van der Waals surface area contributed by atoms with Crippen LogP contribution in [0.1, 0.15) is 45.6 Å². The average molecular weight is 333 g/mol. The summed E-state index contributed by atoms with van der Waals surface area (Å²) >= 11 is 0. The number of rotatable bonds is 10. The minimum Gasteiger partial charge on any atom is -0.391 e. The average Bonchev–Trinajstić information content (AvgIpc) is 2.53. The molecule has 0 saturated heterocycles. The molecular formula is C19H29N2O3. The Morgan fingerprint density at radius 1 is 1.17 bits per heavy atom. The highest BCUT2D eigenvalue weighted by Gasteiger charge is 2.25. The van der Waals surface area contributed by atoms with E-state index in [1.165, 1.54) is 12.5 Å². The largest absolute Gasteiger partial charge is 0.391 e. The Morgan fingerprint density at radius 3 is 2.42 bits per heavy atom. The molecule has 5 nitrogen and oxygen atoms in total. The standard InChI is InChI=1S/C19H29N2O3/c1-14(2)12-13-20-19(24)18(15(3)22)21-17(23)11-7-10-16-8-5-4-6-9-16/h4-6,8-9,13-15,18,22H,7,10-12H2,1-3H3,(H,20,24)(H,21,23)/t15-,18+/m1/s1. The van der Waals surface area contributed by atoms with Crippen molar-refractivity contribution in [1.29, 1.82) is 0 Å². The highest BCUT2D eigenvalue weighted by Crippen LogP contribution is 2.05. The molecule has 1 aromatic carbocycles. The van der Waals surface area contributed by atoms with E-state index in [1.54, 1.807) is 6.54 Å². The van der Waals surface area contributed by atoms with Crippen molar-refractivity contribution >= 4 is 11.8 Å². The van der Waals surface area contributed by atoms with Gasteiger partial charge in [-0.2, -0.15) is 0 Å². The van der Waals surface area contributed by atoms with E-state index in [2.05, 4.69) is 10.6 Å². The highest BCUT2D eigenvalue weighted by atomic mass is 16.3. The van der Waals surface area contributed by atoms with Gasteiger partial charge in [-0.15, -0.1) is 0 Å². The third-order valence-electron chi connectivity index (χ3n) is 3.63. The van der Waals surface area contributed by atoms with Gasteiger partial charge in [0.2, 0.25) is 11.8 Å². The first-order chi connectivity index (χ1) is 11.4. The van der Waals surface area contributed by atoms with E-state index in [0.29, 0.717) is 18.8 Å². The van der Waals surface area contributed by atoms with Gasteiger partial charge in [0.05, 0.1) is 6.10 Å². The first-order valence-corrected chi connectivity index (χ1v) is 8.53. The zero-order valence-corrected chi connectivity index (χ0v) is 14.8. The van der Waals surface area contributed by atoms with E-state index < -0.39 is 12.1 Å². The Bertz CT molecular complexity index is 501. The van der Waals surface area contributed by atoms with Gasteiger partial charge in [0.1, 0.15) is 6.04 Å². The van der Waals surface area contributed by atoms with Crippen molar-refractivity contribution in [2.24, 2.45) is 5.92 Å². The second kappa shape index (κ2) is 10.8. The molecule has 0 aromatic heterocycles. The lowest BCUT2D eigenvalue weighted by Crippen LogP contribution is -2.51. The van der Waals surface area contributed by atoms with Crippen molar-refractivity contribution in [3.8, 4) is 0 Å². The van der Waals surface area contributed by atoms with Gasteiger partial charge >= 0.3 is 0 Å². The van der Waals surface area contributed by atoms with E-state index in [0.717, 1.165) is 12.8 Å². The van der Waals surface area contributed by atoms with E-state index in [9.17, 15) is 14.7 Å². The van der Waals surface area contributed by atoms with Crippen LogP contribution in [0.5, 0.6) is 0 Å². The predicted octanol–water partition coefficient (Wildman–Crippen LogP) is 2.20. The topological polar surface area (TPSA) is 78.4 Å². The van der Waals surface area contributed by atoms with Crippen LogP contribution < -0.4 is 10.6 Å². The van der Waals surface area contributed by atoms with E-state index in [4.69, 9.17) is 0 Å². The maximum Gasteiger partial charge on any atom is 0.245 e. The van der Waals surface area contributed by atoms with Crippen LogP contribution in [0.3, 0.4) is 0 Å². The molecule has 0 aliphatic heterocycles. The van der Waals surface area contributed by atoms with Gasteiger partial charge in [0.25, 0.3) is 0 Å². The lowest BCUT2D eigenvalue weighted by Gasteiger charge is -2.21. The Balaban J connectivity index is 2.37. The number of amides is 2. The normalized spacial score (nSPS) is 13.4. The number of benzene rings is 1. The fraction of sp³-hybridized carbons (Fsp3) is 0.526. The van der Waals surface area contributed by atoms with Gasteiger partial charge < -0.3 is 15.7 Å². The molecule has 2 atom stereocenters. The number of hydrogen-bond acceptors (Lipinski definition) is 3. The number of aryl methyl sites for hydroxylation is 1. The first kappa shape index (κ1) is 20.2. The molecule has 2 amide bonds. The van der Waals surface area contributed by atoms with Crippen molar-refractivity contribution in [3.63, 3.8) is 0 Å². The van der Waals surface area contributed by atoms with E-state index >= 15 is 0 Å². The van der Waals surface area contributed by atoms with Crippen molar-refractivity contribution in [1.82, 2.24) is 10.6 Å². The molecule has 1 aromatic rings. The number of nitrogens with one attached hydrogen (secondary N) is 2. The summed E-state index contributed by atoms with van der Waals surface area (Å²) in [5, 5.41) is 15.0.